The molecule has 5 nitrogen and oxygen atoms in total. The molecule has 0 saturated heterocycles. The molecule has 0 bridgehead atoms. The predicted molar refractivity (Wildman–Crippen MR) is 61.1 cm³/mol. The predicted octanol–water partition coefficient (Wildman–Crippen LogP) is 1.80. The van der Waals surface area contributed by atoms with Crippen LogP contribution < -0.4 is 5.32 Å². The van der Waals surface area contributed by atoms with Crippen molar-refractivity contribution < 1.29 is 18.7 Å². The Morgan fingerprint density at radius 3 is 2.82 bits per heavy atom. The van der Waals surface area contributed by atoms with Crippen molar-refractivity contribution in [2.24, 2.45) is 0 Å². The first-order valence-electron chi connectivity index (χ1n) is 5.62. The second-order valence-electron chi connectivity index (χ2n) is 3.61. The fraction of sp³-hybridized carbons (Fsp3) is 0.500. The van der Waals surface area contributed by atoms with Crippen LogP contribution in [0.2, 0.25) is 0 Å². The lowest BCUT2D eigenvalue weighted by molar-refractivity contribution is -0.144. The van der Waals surface area contributed by atoms with Crippen LogP contribution in [0.4, 0.5) is 0 Å². The van der Waals surface area contributed by atoms with Gasteiger partial charge in [0.1, 0.15) is 5.76 Å². The summed E-state index contributed by atoms with van der Waals surface area (Å²) in [5, 5.41) is 2.74. The van der Waals surface area contributed by atoms with E-state index in [4.69, 9.17) is 9.15 Å². The van der Waals surface area contributed by atoms with Gasteiger partial charge in [0.15, 0.2) is 0 Å². The average molecular weight is 239 g/mol. The van der Waals surface area contributed by atoms with Gasteiger partial charge in [-0.25, -0.2) is 0 Å². The molecule has 0 aliphatic rings. The highest BCUT2D eigenvalue weighted by Gasteiger charge is 2.13. The van der Waals surface area contributed by atoms with Crippen LogP contribution in [0.25, 0.3) is 0 Å². The minimum Gasteiger partial charge on any atom is -0.467 e. The number of esters is 1. The maximum absolute atomic E-state index is 11.5. The largest absolute Gasteiger partial charge is 0.467 e. The standard InChI is InChI=1S/C12H17NO4/c1-3-16-12(15)7-6-11(14)13-9(2)10-5-4-8-17-10/h4-5,8-9H,3,6-7H2,1-2H3,(H,13,14). The van der Waals surface area contributed by atoms with Gasteiger partial charge in [-0.15, -0.1) is 0 Å². The molecule has 1 atom stereocenters. The van der Waals surface area contributed by atoms with Crippen molar-refractivity contribution in [3.05, 3.63) is 24.2 Å². The van der Waals surface area contributed by atoms with Crippen LogP contribution in [0.5, 0.6) is 0 Å². The lowest BCUT2D eigenvalue weighted by atomic mass is 10.2. The smallest absolute Gasteiger partial charge is 0.306 e. The number of hydrogen-bond donors (Lipinski definition) is 1. The van der Waals surface area contributed by atoms with Gasteiger partial charge in [0, 0.05) is 6.42 Å². The summed E-state index contributed by atoms with van der Waals surface area (Å²) in [6.45, 7) is 3.89. The van der Waals surface area contributed by atoms with Crippen LogP contribution in [-0.4, -0.2) is 18.5 Å². The first kappa shape index (κ1) is 13.3. The molecule has 1 N–H and O–H groups in total. The van der Waals surface area contributed by atoms with E-state index in [0.29, 0.717) is 12.4 Å². The molecule has 1 aromatic heterocycles. The third-order valence-corrected chi connectivity index (χ3v) is 2.21. The molecule has 94 valence electrons. The molecular weight excluding hydrogens is 222 g/mol. The molecule has 0 aromatic carbocycles. The Bertz CT molecular complexity index is 359. The molecule has 17 heavy (non-hydrogen) atoms. The first-order chi connectivity index (χ1) is 8.13. The van der Waals surface area contributed by atoms with Gasteiger partial charge in [0.25, 0.3) is 0 Å². The van der Waals surface area contributed by atoms with Gasteiger partial charge >= 0.3 is 5.97 Å². The SMILES string of the molecule is CCOC(=O)CCC(=O)NC(C)c1ccco1. The summed E-state index contributed by atoms with van der Waals surface area (Å²) in [4.78, 5) is 22.5. The maximum atomic E-state index is 11.5. The summed E-state index contributed by atoms with van der Waals surface area (Å²) in [5.41, 5.74) is 0. The van der Waals surface area contributed by atoms with Crippen molar-refractivity contribution in [3.63, 3.8) is 0 Å². The second kappa shape index (κ2) is 6.73. The minimum atomic E-state index is -0.353. The Labute approximate surface area is 100 Å². The van der Waals surface area contributed by atoms with E-state index in [2.05, 4.69) is 5.32 Å². The van der Waals surface area contributed by atoms with Gasteiger partial charge in [-0.05, 0) is 26.0 Å². The van der Waals surface area contributed by atoms with Crippen LogP contribution >= 0.6 is 0 Å². The number of hydrogen-bond acceptors (Lipinski definition) is 4. The van der Waals surface area contributed by atoms with Gasteiger partial charge < -0.3 is 14.5 Å². The molecule has 0 spiro atoms. The summed E-state index contributed by atoms with van der Waals surface area (Å²) < 4.78 is 9.89. The highest BCUT2D eigenvalue weighted by molar-refractivity contribution is 5.81. The molecule has 0 radical (unpaired) electrons. The summed E-state index contributed by atoms with van der Waals surface area (Å²) in [5.74, 6) is 0.143. The van der Waals surface area contributed by atoms with Crippen LogP contribution in [0, 0.1) is 0 Å². The molecule has 0 aliphatic carbocycles. The quantitative estimate of drug-likeness (QED) is 0.768. The number of carbonyl (C=O) groups excluding carboxylic acids is 2. The van der Waals surface area contributed by atoms with Gasteiger partial charge in [0.2, 0.25) is 5.91 Å². The van der Waals surface area contributed by atoms with E-state index in [9.17, 15) is 9.59 Å². The Morgan fingerprint density at radius 1 is 1.47 bits per heavy atom. The van der Waals surface area contributed by atoms with Crippen molar-refractivity contribution in [2.75, 3.05) is 6.61 Å². The Kier molecular flexibility index (Phi) is 5.26. The van der Waals surface area contributed by atoms with Crippen molar-refractivity contribution >= 4 is 11.9 Å². The summed E-state index contributed by atoms with van der Waals surface area (Å²) in [6, 6.07) is 3.35. The molecule has 1 amide bonds. The zero-order valence-electron chi connectivity index (χ0n) is 10.1. The Morgan fingerprint density at radius 2 is 2.24 bits per heavy atom. The molecule has 1 unspecified atom stereocenters. The molecule has 0 aliphatic heterocycles. The van der Waals surface area contributed by atoms with E-state index in [1.165, 1.54) is 0 Å². The fourth-order valence-electron chi connectivity index (χ4n) is 1.37. The third-order valence-electron chi connectivity index (χ3n) is 2.21. The second-order valence-corrected chi connectivity index (χ2v) is 3.61. The lowest BCUT2D eigenvalue weighted by Crippen LogP contribution is -2.26. The highest BCUT2D eigenvalue weighted by Crippen LogP contribution is 2.12. The molecule has 0 fully saturated rings. The minimum absolute atomic E-state index is 0.102. The summed E-state index contributed by atoms with van der Waals surface area (Å²) in [7, 11) is 0. The first-order valence-corrected chi connectivity index (χ1v) is 5.62. The molecule has 1 rings (SSSR count). The van der Waals surface area contributed by atoms with E-state index in [-0.39, 0.29) is 30.8 Å². The monoisotopic (exact) mass is 239 g/mol. The van der Waals surface area contributed by atoms with Gasteiger partial charge in [-0.1, -0.05) is 0 Å². The van der Waals surface area contributed by atoms with Crippen LogP contribution in [0.15, 0.2) is 22.8 Å². The van der Waals surface area contributed by atoms with Crippen molar-refractivity contribution in [1.82, 2.24) is 5.32 Å². The molecule has 5 heteroatoms. The zero-order valence-corrected chi connectivity index (χ0v) is 10.1. The number of carbonyl (C=O) groups is 2. The van der Waals surface area contributed by atoms with E-state index < -0.39 is 0 Å². The maximum Gasteiger partial charge on any atom is 0.306 e. The normalized spacial score (nSPS) is 11.9. The highest BCUT2D eigenvalue weighted by atomic mass is 16.5. The fourth-order valence-corrected chi connectivity index (χ4v) is 1.37. The van der Waals surface area contributed by atoms with Crippen molar-refractivity contribution in [3.8, 4) is 0 Å². The molecule has 1 heterocycles. The molecular formula is C12H17NO4. The van der Waals surface area contributed by atoms with E-state index in [1.807, 2.05) is 6.92 Å². The zero-order chi connectivity index (χ0) is 12.7. The number of nitrogens with one attached hydrogen (secondary N) is 1. The van der Waals surface area contributed by atoms with Gasteiger partial charge in [-0.3, -0.25) is 9.59 Å². The van der Waals surface area contributed by atoms with Crippen molar-refractivity contribution in [2.45, 2.75) is 32.7 Å². The van der Waals surface area contributed by atoms with Gasteiger partial charge in [-0.2, -0.15) is 0 Å². The van der Waals surface area contributed by atoms with Crippen LogP contribution in [-0.2, 0) is 14.3 Å². The number of amides is 1. The average Bonchev–Trinajstić information content (AvgIpc) is 2.80. The van der Waals surface area contributed by atoms with Crippen molar-refractivity contribution in [1.29, 1.82) is 0 Å². The van der Waals surface area contributed by atoms with Gasteiger partial charge in [0.05, 0.1) is 25.3 Å². The third kappa shape index (κ3) is 4.72. The Balaban J connectivity index is 2.28. The topological polar surface area (TPSA) is 68.5 Å². The summed E-state index contributed by atoms with van der Waals surface area (Å²) >= 11 is 0. The number of furan rings is 1. The Hall–Kier alpha value is -1.78. The van der Waals surface area contributed by atoms with E-state index >= 15 is 0 Å². The van der Waals surface area contributed by atoms with Crippen LogP contribution in [0.1, 0.15) is 38.5 Å². The van der Waals surface area contributed by atoms with E-state index in [0.717, 1.165) is 0 Å². The van der Waals surface area contributed by atoms with E-state index in [1.54, 1.807) is 25.3 Å². The summed E-state index contributed by atoms with van der Waals surface area (Å²) in [6.07, 6.45) is 1.78. The van der Waals surface area contributed by atoms with Crippen LogP contribution in [0.3, 0.4) is 0 Å². The lowest BCUT2D eigenvalue weighted by Gasteiger charge is -2.10. The number of ether oxygens (including phenoxy) is 1. The molecule has 0 saturated carbocycles. The number of rotatable bonds is 6. The molecule has 1 aromatic rings.